The lowest BCUT2D eigenvalue weighted by Gasteiger charge is -1.95. The number of halogens is 2. The number of aliphatic carboxylic acids is 1. The highest BCUT2D eigenvalue weighted by Crippen LogP contribution is 2.22. The van der Waals surface area contributed by atoms with Crippen LogP contribution >= 0.6 is 23.2 Å². The summed E-state index contributed by atoms with van der Waals surface area (Å²) < 4.78 is 1.70. The van der Waals surface area contributed by atoms with Crippen LogP contribution in [0, 0.1) is 0 Å². The van der Waals surface area contributed by atoms with Crippen LogP contribution in [-0.4, -0.2) is 20.5 Å². The summed E-state index contributed by atoms with van der Waals surface area (Å²) in [7, 11) is 0. The molecule has 0 fully saturated rings. The average molecular weight is 259 g/mol. The predicted molar refractivity (Wildman–Crippen MR) is 61.2 cm³/mol. The zero-order chi connectivity index (χ0) is 11.7. The van der Waals surface area contributed by atoms with Crippen molar-refractivity contribution in [2.75, 3.05) is 0 Å². The summed E-state index contributed by atoms with van der Waals surface area (Å²) in [5.74, 6) is -0.846. The van der Waals surface area contributed by atoms with E-state index in [9.17, 15) is 4.79 Å². The van der Waals surface area contributed by atoms with Crippen molar-refractivity contribution in [1.29, 1.82) is 0 Å². The van der Waals surface area contributed by atoms with Gasteiger partial charge in [-0.2, -0.15) is 0 Å². The number of carboxylic acid groups (broad SMARTS) is 1. The summed E-state index contributed by atoms with van der Waals surface area (Å²) in [4.78, 5) is 14.7. The smallest absolute Gasteiger partial charge is 0.303 e. The van der Waals surface area contributed by atoms with Crippen molar-refractivity contribution in [3.63, 3.8) is 0 Å². The fraction of sp³-hybridized carbons (Fsp3) is 0.200. The van der Waals surface area contributed by atoms with Crippen LogP contribution in [0.1, 0.15) is 12.1 Å². The van der Waals surface area contributed by atoms with Gasteiger partial charge < -0.3 is 9.51 Å². The average Bonchev–Trinajstić information content (AvgIpc) is 2.57. The standard InChI is InChI=1S/C10H8Cl2N2O2/c11-6-3-8(12)10-13-7(1-2-9(15)16)5-14(10)4-6/h3-5H,1-2H2,(H,15,16). The van der Waals surface area contributed by atoms with E-state index in [-0.39, 0.29) is 6.42 Å². The zero-order valence-electron chi connectivity index (χ0n) is 8.15. The van der Waals surface area contributed by atoms with Gasteiger partial charge in [-0.05, 0) is 6.07 Å². The third-order valence-corrected chi connectivity index (χ3v) is 2.60. The van der Waals surface area contributed by atoms with Crippen LogP contribution in [0.15, 0.2) is 18.5 Å². The minimum Gasteiger partial charge on any atom is -0.481 e. The fourth-order valence-corrected chi connectivity index (χ4v) is 1.96. The van der Waals surface area contributed by atoms with Gasteiger partial charge in [0.15, 0.2) is 5.65 Å². The van der Waals surface area contributed by atoms with Gasteiger partial charge in [0, 0.05) is 18.8 Å². The summed E-state index contributed by atoms with van der Waals surface area (Å²) >= 11 is 11.8. The summed E-state index contributed by atoms with van der Waals surface area (Å²) in [6.45, 7) is 0. The normalized spacial score (nSPS) is 10.9. The number of carbonyl (C=O) groups is 1. The lowest BCUT2D eigenvalue weighted by Crippen LogP contribution is -1.97. The van der Waals surface area contributed by atoms with Crippen molar-refractivity contribution in [3.8, 4) is 0 Å². The SMILES string of the molecule is O=C(O)CCc1cn2cc(Cl)cc(Cl)c2n1. The van der Waals surface area contributed by atoms with Crippen molar-refractivity contribution >= 4 is 34.8 Å². The molecule has 1 N–H and O–H groups in total. The van der Waals surface area contributed by atoms with Crippen LogP contribution in [0.5, 0.6) is 0 Å². The van der Waals surface area contributed by atoms with Crippen molar-refractivity contribution in [2.45, 2.75) is 12.8 Å². The topological polar surface area (TPSA) is 54.6 Å². The molecule has 0 bridgehead atoms. The highest BCUT2D eigenvalue weighted by molar-refractivity contribution is 6.36. The molecule has 84 valence electrons. The first-order chi connectivity index (χ1) is 7.56. The Morgan fingerprint density at radius 2 is 2.19 bits per heavy atom. The van der Waals surface area contributed by atoms with Gasteiger partial charge in [-0.1, -0.05) is 23.2 Å². The van der Waals surface area contributed by atoms with Gasteiger partial charge in [-0.15, -0.1) is 0 Å². The highest BCUT2D eigenvalue weighted by Gasteiger charge is 2.07. The molecule has 2 heterocycles. The van der Waals surface area contributed by atoms with E-state index in [1.807, 2.05) is 0 Å². The van der Waals surface area contributed by atoms with E-state index in [2.05, 4.69) is 4.98 Å². The molecule has 4 nitrogen and oxygen atoms in total. The van der Waals surface area contributed by atoms with E-state index in [1.54, 1.807) is 22.9 Å². The van der Waals surface area contributed by atoms with Crippen molar-refractivity contribution in [3.05, 3.63) is 34.2 Å². The van der Waals surface area contributed by atoms with E-state index in [1.165, 1.54) is 0 Å². The van der Waals surface area contributed by atoms with Crippen molar-refractivity contribution < 1.29 is 9.90 Å². The number of aromatic nitrogens is 2. The predicted octanol–water partition coefficient (Wildman–Crippen LogP) is 2.66. The third kappa shape index (κ3) is 2.28. The molecule has 0 radical (unpaired) electrons. The summed E-state index contributed by atoms with van der Waals surface area (Å²) in [5.41, 5.74) is 1.28. The van der Waals surface area contributed by atoms with Gasteiger partial charge in [0.05, 0.1) is 22.2 Å². The highest BCUT2D eigenvalue weighted by atomic mass is 35.5. The number of hydrogen-bond acceptors (Lipinski definition) is 2. The van der Waals surface area contributed by atoms with E-state index >= 15 is 0 Å². The van der Waals surface area contributed by atoms with Crippen LogP contribution < -0.4 is 0 Å². The van der Waals surface area contributed by atoms with Gasteiger partial charge in [0.2, 0.25) is 0 Å². The van der Waals surface area contributed by atoms with Gasteiger partial charge in [-0.3, -0.25) is 4.79 Å². The second-order valence-corrected chi connectivity index (χ2v) is 4.21. The zero-order valence-corrected chi connectivity index (χ0v) is 9.66. The Bertz CT molecular complexity index is 551. The summed E-state index contributed by atoms with van der Waals surface area (Å²) in [5, 5.41) is 9.53. The van der Waals surface area contributed by atoms with Gasteiger partial charge in [0.1, 0.15) is 0 Å². The Balaban J connectivity index is 2.36. The third-order valence-electron chi connectivity index (χ3n) is 2.12. The molecule has 0 saturated heterocycles. The number of aryl methyl sites for hydroxylation is 1. The number of nitrogens with zero attached hydrogens (tertiary/aromatic N) is 2. The minimum atomic E-state index is -0.846. The number of pyridine rings is 1. The van der Waals surface area contributed by atoms with Gasteiger partial charge >= 0.3 is 5.97 Å². The minimum absolute atomic E-state index is 0.0508. The molecule has 0 unspecified atom stereocenters. The molecule has 2 rings (SSSR count). The quantitative estimate of drug-likeness (QED) is 0.921. The van der Waals surface area contributed by atoms with Crippen LogP contribution in [0.4, 0.5) is 0 Å². The van der Waals surface area contributed by atoms with E-state index in [4.69, 9.17) is 28.3 Å². The molecule has 0 spiro atoms. The van der Waals surface area contributed by atoms with E-state index < -0.39 is 5.97 Å². The lowest BCUT2D eigenvalue weighted by atomic mass is 10.2. The number of fused-ring (bicyclic) bond motifs is 1. The largest absolute Gasteiger partial charge is 0.481 e. The summed E-state index contributed by atoms with van der Waals surface area (Å²) in [6.07, 6.45) is 3.84. The molecule has 0 amide bonds. The Hall–Kier alpha value is -1.26. The van der Waals surface area contributed by atoms with Crippen LogP contribution in [0.3, 0.4) is 0 Å². The Morgan fingerprint density at radius 1 is 1.44 bits per heavy atom. The fourth-order valence-electron chi connectivity index (χ4n) is 1.43. The number of hydrogen-bond donors (Lipinski definition) is 1. The molecular formula is C10H8Cl2N2O2. The van der Waals surface area contributed by atoms with Gasteiger partial charge in [-0.25, -0.2) is 4.98 Å². The molecule has 0 atom stereocenters. The molecule has 16 heavy (non-hydrogen) atoms. The Morgan fingerprint density at radius 3 is 2.88 bits per heavy atom. The van der Waals surface area contributed by atoms with Crippen molar-refractivity contribution in [2.24, 2.45) is 0 Å². The molecule has 6 heteroatoms. The van der Waals surface area contributed by atoms with E-state index in [0.29, 0.717) is 27.8 Å². The van der Waals surface area contributed by atoms with Crippen LogP contribution in [-0.2, 0) is 11.2 Å². The first-order valence-electron chi connectivity index (χ1n) is 4.60. The molecule has 0 aliphatic rings. The lowest BCUT2D eigenvalue weighted by molar-refractivity contribution is -0.136. The molecule has 0 aliphatic heterocycles. The van der Waals surface area contributed by atoms with E-state index in [0.717, 1.165) is 0 Å². The van der Waals surface area contributed by atoms with Crippen LogP contribution in [0.25, 0.3) is 5.65 Å². The molecule has 2 aromatic heterocycles. The van der Waals surface area contributed by atoms with Crippen molar-refractivity contribution in [1.82, 2.24) is 9.38 Å². The molecule has 0 aliphatic carbocycles. The second kappa shape index (κ2) is 4.31. The second-order valence-electron chi connectivity index (χ2n) is 3.36. The first kappa shape index (κ1) is 11.2. The molecular weight excluding hydrogens is 251 g/mol. The Labute approximate surface area is 101 Å². The number of carboxylic acids is 1. The first-order valence-corrected chi connectivity index (χ1v) is 5.36. The summed E-state index contributed by atoms with van der Waals surface area (Å²) in [6, 6.07) is 1.60. The molecule has 2 aromatic rings. The monoisotopic (exact) mass is 258 g/mol. The maximum Gasteiger partial charge on any atom is 0.303 e. The molecule has 0 aromatic carbocycles. The molecule has 0 saturated carbocycles. The van der Waals surface area contributed by atoms with Gasteiger partial charge in [0.25, 0.3) is 0 Å². The maximum absolute atomic E-state index is 10.4. The number of rotatable bonds is 3. The maximum atomic E-state index is 10.4. The van der Waals surface area contributed by atoms with Crippen LogP contribution in [0.2, 0.25) is 10.0 Å². The number of imidazole rings is 1. The Kier molecular flexibility index (Phi) is 3.03.